The van der Waals surface area contributed by atoms with E-state index < -0.39 is 0 Å². The Morgan fingerprint density at radius 1 is 1.10 bits per heavy atom. The van der Waals surface area contributed by atoms with Crippen molar-refractivity contribution in [3.63, 3.8) is 0 Å². The Morgan fingerprint density at radius 2 is 1.83 bits per heavy atom. The first-order valence-corrected chi connectivity index (χ1v) is 11.3. The number of likely N-dealkylation sites (N-methyl/N-ethyl adjacent to an activating group) is 1. The van der Waals surface area contributed by atoms with Gasteiger partial charge in [-0.2, -0.15) is 0 Å². The predicted octanol–water partition coefficient (Wildman–Crippen LogP) is 5.28. The van der Waals surface area contributed by atoms with Gasteiger partial charge >= 0.3 is 0 Å². The Labute approximate surface area is 187 Å². The summed E-state index contributed by atoms with van der Waals surface area (Å²) in [7, 11) is 4.05. The Bertz CT molecular complexity index is 941. The molecule has 0 bridgehead atoms. The fraction of sp³-hybridized carbons (Fsp3) is 0.364. The Balaban J connectivity index is 0.00000300. The lowest BCUT2D eigenvalue weighted by atomic mass is 10.1. The van der Waals surface area contributed by atoms with Crippen molar-refractivity contribution in [3.8, 4) is 0 Å². The van der Waals surface area contributed by atoms with Gasteiger partial charge in [0.1, 0.15) is 0 Å². The van der Waals surface area contributed by atoms with Gasteiger partial charge in [0.25, 0.3) is 0 Å². The number of fused-ring (bicyclic) bond motifs is 1. The molecule has 0 aliphatic rings. The van der Waals surface area contributed by atoms with Crippen molar-refractivity contribution in [1.82, 2.24) is 9.88 Å². The van der Waals surface area contributed by atoms with Gasteiger partial charge in [0, 0.05) is 18.0 Å². The highest BCUT2D eigenvalue weighted by molar-refractivity contribution is 8.00. The van der Waals surface area contributed by atoms with Crippen LogP contribution < -0.4 is 4.90 Å². The maximum absolute atomic E-state index is 13.1. The van der Waals surface area contributed by atoms with E-state index in [4.69, 9.17) is 4.98 Å². The van der Waals surface area contributed by atoms with E-state index in [-0.39, 0.29) is 18.3 Å². The standard InChI is InChI=1S/C22H27N3OS2.ClH/c1-5-17-7-6-8-19-21(17)23-22(28-19)25(14-13-24(3)4)20(26)15-27-18-11-9-16(2)10-12-18;/h6-12H,5,13-15H2,1-4H3;1H. The minimum absolute atomic E-state index is 0. The van der Waals surface area contributed by atoms with E-state index in [1.54, 1.807) is 23.1 Å². The molecule has 156 valence electrons. The summed E-state index contributed by atoms with van der Waals surface area (Å²) in [5.41, 5.74) is 3.48. The molecule has 0 aliphatic heterocycles. The summed E-state index contributed by atoms with van der Waals surface area (Å²) >= 11 is 3.19. The van der Waals surface area contributed by atoms with Crippen LogP contribution in [0.1, 0.15) is 18.1 Å². The molecule has 7 heteroatoms. The molecule has 0 aliphatic carbocycles. The molecule has 29 heavy (non-hydrogen) atoms. The van der Waals surface area contributed by atoms with Gasteiger partial charge < -0.3 is 4.90 Å². The summed E-state index contributed by atoms with van der Waals surface area (Å²) in [4.78, 5) is 23.0. The average Bonchev–Trinajstić information content (AvgIpc) is 3.11. The molecule has 0 spiro atoms. The number of carbonyl (C=O) groups excluding carboxylic acids is 1. The van der Waals surface area contributed by atoms with Crippen LogP contribution in [0.5, 0.6) is 0 Å². The highest BCUT2D eigenvalue weighted by atomic mass is 35.5. The molecule has 0 saturated heterocycles. The third-order valence-corrected chi connectivity index (χ3v) is 6.60. The van der Waals surface area contributed by atoms with E-state index in [0.717, 1.165) is 33.2 Å². The van der Waals surface area contributed by atoms with Crippen molar-refractivity contribution >= 4 is 56.8 Å². The highest BCUT2D eigenvalue weighted by Crippen LogP contribution is 2.31. The molecule has 2 aromatic carbocycles. The zero-order chi connectivity index (χ0) is 20.1. The van der Waals surface area contributed by atoms with E-state index >= 15 is 0 Å². The molecule has 0 fully saturated rings. The first-order chi connectivity index (χ1) is 13.5. The van der Waals surface area contributed by atoms with Gasteiger partial charge in [0.15, 0.2) is 5.13 Å². The number of anilines is 1. The van der Waals surface area contributed by atoms with Crippen molar-refractivity contribution in [1.29, 1.82) is 0 Å². The van der Waals surface area contributed by atoms with Crippen molar-refractivity contribution < 1.29 is 4.79 Å². The summed E-state index contributed by atoms with van der Waals surface area (Å²) < 4.78 is 1.14. The summed E-state index contributed by atoms with van der Waals surface area (Å²) in [6.45, 7) is 5.65. The number of halogens is 1. The number of rotatable bonds is 8. The second-order valence-electron chi connectivity index (χ2n) is 7.06. The van der Waals surface area contributed by atoms with Gasteiger partial charge in [-0.25, -0.2) is 4.98 Å². The fourth-order valence-corrected chi connectivity index (χ4v) is 4.71. The third kappa shape index (κ3) is 6.19. The Morgan fingerprint density at radius 3 is 2.48 bits per heavy atom. The van der Waals surface area contributed by atoms with E-state index in [9.17, 15) is 4.79 Å². The van der Waals surface area contributed by atoms with Gasteiger partial charge in [-0.05, 0) is 51.2 Å². The second kappa shape index (κ2) is 11.0. The number of aromatic nitrogens is 1. The van der Waals surface area contributed by atoms with Crippen LogP contribution in [-0.2, 0) is 11.2 Å². The van der Waals surface area contributed by atoms with Gasteiger partial charge in [0.05, 0.1) is 16.0 Å². The lowest BCUT2D eigenvalue weighted by molar-refractivity contribution is -0.116. The van der Waals surface area contributed by atoms with E-state index in [0.29, 0.717) is 12.3 Å². The molecule has 0 N–H and O–H groups in total. The van der Waals surface area contributed by atoms with Crippen LogP contribution >= 0.6 is 35.5 Å². The fourth-order valence-electron chi connectivity index (χ4n) is 2.88. The molecule has 1 heterocycles. The van der Waals surface area contributed by atoms with E-state index in [1.807, 2.05) is 19.0 Å². The van der Waals surface area contributed by atoms with Gasteiger partial charge in [-0.15, -0.1) is 24.2 Å². The van der Waals surface area contributed by atoms with Crippen LogP contribution in [-0.4, -0.2) is 48.7 Å². The molecule has 1 amide bonds. The van der Waals surface area contributed by atoms with Crippen LogP contribution in [0.2, 0.25) is 0 Å². The molecular formula is C22H28ClN3OS2. The van der Waals surface area contributed by atoms with Gasteiger partial charge in [-0.1, -0.05) is 48.1 Å². The van der Waals surface area contributed by atoms with Crippen LogP contribution in [0.15, 0.2) is 47.4 Å². The number of aryl methyl sites for hydroxylation is 2. The van der Waals surface area contributed by atoms with Crippen LogP contribution in [0.3, 0.4) is 0 Å². The summed E-state index contributed by atoms with van der Waals surface area (Å²) in [5, 5.41) is 0.798. The second-order valence-corrected chi connectivity index (χ2v) is 9.12. The number of thioether (sulfide) groups is 1. The molecule has 0 unspecified atom stereocenters. The number of carbonyl (C=O) groups is 1. The molecular weight excluding hydrogens is 422 g/mol. The normalized spacial score (nSPS) is 10.9. The minimum Gasteiger partial charge on any atom is -0.308 e. The zero-order valence-electron chi connectivity index (χ0n) is 17.3. The highest BCUT2D eigenvalue weighted by Gasteiger charge is 2.20. The first-order valence-electron chi connectivity index (χ1n) is 9.51. The van der Waals surface area contributed by atoms with Gasteiger partial charge in [0.2, 0.25) is 5.91 Å². The molecule has 0 saturated carbocycles. The van der Waals surface area contributed by atoms with Gasteiger partial charge in [-0.3, -0.25) is 9.69 Å². The quantitative estimate of drug-likeness (QED) is 0.438. The average molecular weight is 450 g/mol. The van der Waals surface area contributed by atoms with Crippen LogP contribution in [0, 0.1) is 6.92 Å². The lowest BCUT2D eigenvalue weighted by Crippen LogP contribution is -2.37. The molecule has 4 nitrogen and oxygen atoms in total. The van der Waals surface area contributed by atoms with Crippen molar-refractivity contribution in [2.45, 2.75) is 25.2 Å². The maximum atomic E-state index is 13.1. The number of thiazole rings is 1. The third-order valence-electron chi connectivity index (χ3n) is 4.56. The monoisotopic (exact) mass is 449 g/mol. The smallest absolute Gasteiger partial charge is 0.239 e. The number of hydrogen-bond donors (Lipinski definition) is 0. The SMILES string of the molecule is CCc1cccc2sc(N(CCN(C)C)C(=O)CSc3ccc(C)cc3)nc12.Cl. The summed E-state index contributed by atoms with van der Waals surface area (Å²) in [6, 6.07) is 14.6. The molecule has 3 aromatic rings. The molecule has 1 aromatic heterocycles. The topological polar surface area (TPSA) is 36.4 Å². The van der Waals surface area contributed by atoms with Crippen LogP contribution in [0.4, 0.5) is 5.13 Å². The Kier molecular flexibility index (Phi) is 8.96. The maximum Gasteiger partial charge on any atom is 0.239 e. The summed E-state index contributed by atoms with van der Waals surface area (Å²) in [6.07, 6.45) is 0.940. The van der Waals surface area contributed by atoms with Crippen LogP contribution in [0.25, 0.3) is 10.2 Å². The predicted molar refractivity (Wildman–Crippen MR) is 129 cm³/mol. The minimum atomic E-state index is 0. The van der Waals surface area contributed by atoms with E-state index in [1.165, 1.54) is 11.1 Å². The van der Waals surface area contributed by atoms with Crippen molar-refractivity contribution in [3.05, 3.63) is 53.6 Å². The molecule has 0 atom stereocenters. The molecule has 3 rings (SSSR count). The Hall–Kier alpha value is -1.60. The number of hydrogen-bond acceptors (Lipinski definition) is 5. The van der Waals surface area contributed by atoms with Crippen molar-refractivity contribution in [2.75, 3.05) is 37.8 Å². The van der Waals surface area contributed by atoms with E-state index in [2.05, 4.69) is 61.2 Å². The number of nitrogens with zero attached hydrogens (tertiary/aromatic N) is 3. The molecule has 0 radical (unpaired) electrons. The number of amides is 1. The number of benzene rings is 2. The first kappa shape index (κ1) is 23.7. The number of para-hydroxylation sites is 1. The lowest BCUT2D eigenvalue weighted by Gasteiger charge is -2.21. The largest absolute Gasteiger partial charge is 0.308 e. The van der Waals surface area contributed by atoms with Crippen molar-refractivity contribution in [2.24, 2.45) is 0 Å². The zero-order valence-corrected chi connectivity index (χ0v) is 19.8. The summed E-state index contributed by atoms with van der Waals surface area (Å²) in [5.74, 6) is 0.511.